The van der Waals surface area contributed by atoms with Gasteiger partial charge in [0.15, 0.2) is 5.96 Å². The molecule has 0 atom stereocenters. The number of hydrogen-bond donors (Lipinski definition) is 3. The van der Waals surface area contributed by atoms with E-state index in [4.69, 9.17) is 0 Å². The van der Waals surface area contributed by atoms with E-state index in [0.29, 0.717) is 0 Å². The second kappa shape index (κ2) is 10.3. The number of nitrogens with one attached hydrogen (secondary N) is 3. The highest BCUT2D eigenvalue weighted by Crippen LogP contribution is 2.22. The van der Waals surface area contributed by atoms with E-state index in [1.165, 1.54) is 22.0 Å². The van der Waals surface area contributed by atoms with Crippen molar-refractivity contribution in [3.05, 3.63) is 47.7 Å². The minimum atomic E-state index is 0. The summed E-state index contributed by atoms with van der Waals surface area (Å²) in [5.74, 6) is 1.82. The zero-order valence-electron chi connectivity index (χ0n) is 16.1. The number of hydrogen-bond acceptors (Lipinski definition) is 3. The van der Waals surface area contributed by atoms with Crippen molar-refractivity contribution < 1.29 is 0 Å². The highest BCUT2D eigenvalue weighted by molar-refractivity contribution is 14.0. The third kappa shape index (κ3) is 5.21. The molecule has 146 valence electrons. The van der Waals surface area contributed by atoms with Crippen LogP contribution in [0.3, 0.4) is 0 Å². The predicted molar refractivity (Wildman–Crippen MR) is 121 cm³/mol. The molecule has 2 heterocycles. The van der Waals surface area contributed by atoms with Gasteiger partial charge in [-0.05, 0) is 30.5 Å². The lowest BCUT2D eigenvalue weighted by Gasteiger charge is -2.12. The summed E-state index contributed by atoms with van der Waals surface area (Å²) in [7, 11) is 1.79. The summed E-state index contributed by atoms with van der Waals surface area (Å²) in [6.07, 6.45) is 5.71. The van der Waals surface area contributed by atoms with Gasteiger partial charge in [-0.1, -0.05) is 19.1 Å². The normalized spacial score (nSPS) is 11.4. The standard InChI is InChI=1S/C19H27N7.HI/c1-4-17-25-24-13-26(17)11-10-22-19(20-3)21-9-8-15-12-23-16-7-5-6-14(2)18(15)16;/h5-7,12-13,23H,4,8-11H2,1-3H3,(H2,20,21,22);1H. The summed E-state index contributed by atoms with van der Waals surface area (Å²) in [6, 6.07) is 6.36. The molecule has 3 aromatic rings. The molecule has 3 rings (SSSR count). The maximum Gasteiger partial charge on any atom is 0.191 e. The van der Waals surface area contributed by atoms with Crippen LogP contribution in [-0.2, 0) is 19.4 Å². The van der Waals surface area contributed by atoms with Gasteiger partial charge in [0.2, 0.25) is 0 Å². The number of aryl methyl sites for hydroxylation is 2. The van der Waals surface area contributed by atoms with Crippen molar-refractivity contribution >= 4 is 40.8 Å². The number of H-pyrrole nitrogens is 1. The molecule has 0 aliphatic heterocycles. The molecule has 3 N–H and O–H groups in total. The average molecular weight is 481 g/mol. The highest BCUT2D eigenvalue weighted by atomic mass is 127. The van der Waals surface area contributed by atoms with E-state index in [0.717, 1.165) is 44.3 Å². The number of halogens is 1. The Morgan fingerprint density at radius 3 is 2.85 bits per heavy atom. The predicted octanol–water partition coefficient (Wildman–Crippen LogP) is 2.66. The molecule has 0 aliphatic carbocycles. The SMILES string of the molecule is CCc1nncn1CCNC(=NC)NCCc1c[nH]c2cccc(C)c12.I. The van der Waals surface area contributed by atoms with Crippen LogP contribution >= 0.6 is 24.0 Å². The summed E-state index contributed by atoms with van der Waals surface area (Å²) in [5.41, 5.74) is 3.84. The summed E-state index contributed by atoms with van der Waals surface area (Å²) in [5, 5.41) is 16.1. The van der Waals surface area contributed by atoms with E-state index in [2.05, 4.69) is 73.6 Å². The van der Waals surface area contributed by atoms with E-state index in [1.807, 2.05) is 0 Å². The fraction of sp³-hybridized carbons (Fsp3) is 0.421. The van der Waals surface area contributed by atoms with E-state index >= 15 is 0 Å². The van der Waals surface area contributed by atoms with Crippen molar-refractivity contribution in [2.75, 3.05) is 20.1 Å². The number of benzene rings is 1. The van der Waals surface area contributed by atoms with E-state index < -0.39 is 0 Å². The van der Waals surface area contributed by atoms with Crippen LogP contribution in [-0.4, -0.2) is 45.8 Å². The molecule has 0 spiro atoms. The highest BCUT2D eigenvalue weighted by Gasteiger charge is 2.06. The van der Waals surface area contributed by atoms with Crippen molar-refractivity contribution in [3.63, 3.8) is 0 Å². The molecule has 1 aromatic carbocycles. The van der Waals surface area contributed by atoms with Gasteiger partial charge in [-0.2, -0.15) is 0 Å². The van der Waals surface area contributed by atoms with Gasteiger partial charge in [0.1, 0.15) is 12.2 Å². The average Bonchev–Trinajstić information content (AvgIpc) is 3.27. The van der Waals surface area contributed by atoms with E-state index in [-0.39, 0.29) is 24.0 Å². The summed E-state index contributed by atoms with van der Waals surface area (Å²) < 4.78 is 2.06. The fourth-order valence-corrected chi connectivity index (χ4v) is 3.22. The summed E-state index contributed by atoms with van der Waals surface area (Å²) >= 11 is 0. The van der Waals surface area contributed by atoms with Gasteiger partial charge in [0.25, 0.3) is 0 Å². The van der Waals surface area contributed by atoms with Crippen LogP contribution in [0.5, 0.6) is 0 Å². The lowest BCUT2D eigenvalue weighted by atomic mass is 10.1. The quantitative estimate of drug-likeness (QED) is 0.275. The Kier molecular flexibility index (Phi) is 8.08. The van der Waals surface area contributed by atoms with Gasteiger partial charge in [0, 0.05) is 50.2 Å². The molecule has 27 heavy (non-hydrogen) atoms. The fourth-order valence-electron chi connectivity index (χ4n) is 3.22. The molecular weight excluding hydrogens is 453 g/mol. The summed E-state index contributed by atoms with van der Waals surface area (Å²) in [4.78, 5) is 7.65. The molecule has 0 saturated carbocycles. The zero-order chi connectivity index (χ0) is 18.4. The van der Waals surface area contributed by atoms with Crippen LogP contribution in [0.1, 0.15) is 23.9 Å². The molecule has 0 radical (unpaired) electrons. The van der Waals surface area contributed by atoms with Crippen LogP contribution in [0.4, 0.5) is 0 Å². The maximum atomic E-state index is 4.29. The molecule has 0 aliphatic rings. The van der Waals surface area contributed by atoms with Gasteiger partial charge in [-0.3, -0.25) is 4.99 Å². The van der Waals surface area contributed by atoms with Crippen LogP contribution < -0.4 is 10.6 Å². The second-order valence-corrected chi connectivity index (χ2v) is 6.28. The van der Waals surface area contributed by atoms with E-state index in [9.17, 15) is 0 Å². The molecule has 7 nitrogen and oxygen atoms in total. The first-order valence-corrected chi connectivity index (χ1v) is 9.09. The number of nitrogens with zero attached hydrogens (tertiary/aromatic N) is 4. The molecule has 0 unspecified atom stereocenters. The molecule has 2 aromatic heterocycles. The Balaban J connectivity index is 0.00000261. The van der Waals surface area contributed by atoms with Crippen molar-refractivity contribution in [3.8, 4) is 0 Å². The van der Waals surface area contributed by atoms with Gasteiger partial charge >= 0.3 is 0 Å². The topological polar surface area (TPSA) is 82.9 Å². The molecule has 0 amide bonds. The van der Waals surface area contributed by atoms with Crippen LogP contribution in [0.25, 0.3) is 10.9 Å². The Hall–Kier alpha value is -2.10. The van der Waals surface area contributed by atoms with Crippen LogP contribution in [0.2, 0.25) is 0 Å². The Morgan fingerprint density at radius 2 is 2.07 bits per heavy atom. The smallest absolute Gasteiger partial charge is 0.191 e. The number of fused-ring (bicyclic) bond motifs is 1. The lowest BCUT2D eigenvalue weighted by Crippen LogP contribution is -2.39. The maximum absolute atomic E-state index is 4.29. The molecule has 0 saturated heterocycles. The van der Waals surface area contributed by atoms with E-state index in [1.54, 1.807) is 13.4 Å². The number of aromatic amines is 1. The van der Waals surface area contributed by atoms with Crippen LogP contribution in [0.15, 0.2) is 35.7 Å². The number of aromatic nitrogens is 4. The van der Waals surface area contributed by atoms with Gasteiger partial charge < -0.3 is 20.2 Å². The number of rotatable bonds is 7. The first-order chi connectivity index (χ1) is 12.7. The van der Waals surface area contributed by atoms with Crippen molar-refractivity contribution in [1.82, 2.24) is 30.4 Å². The third-order valence-electron chi connectivity index (χ3n) is 4.56. The van der Waals surface area contributed by atoms with Crippen molar-refractivity contribution in [2.24, 2.45) is 4.99 Å². The third-order valence-corrected chi connectivity index (χ3v) is 4.56. The van der Waals surface area contributed by atoms with Gasteiger partial charge in [0.05, 0.1) is 0 Å². The largest absolute Gasteiger partial charge is 0.361 e. The minimum Gasteiger partial charge on any atom is -0.361 e. The lowest BCUT2D eigenvalue weighted by molar-refractivity contribution is 0.632. The van der Waals surface area contributed by atoms with Gasteiger partial charge in [-0.25, -0.2) is 0 Å². The van der Waals surface area contributed by atoms with Crippen LogP contribution in [0, 0.1) is 6.92 Å². The van der Waals surface area contributed by atoms with Gasteiger partial charge in [-0.15, -0.1) is 34.2 Å². The zero-order valence-corrected chi connectivity index (χ0v) is 18.4. The summed E-state index contributed by atoms with van der Waals surface area (Å²) in [6.45, 7) is 6.66. The molecule has 0 fully saturated rings. The monoisotopic (exact) mass is 481 g/mol. The first-order valence-electron chi connectivity index (χ1n) is 9.09. The Labute approximate surface area is 177 Å². The number of guanidine groups is 1. The molecule has 8 heteroatoms. The second-order valence-electron chi connectivity index (χ2n) is 6.28. The first kappa shape index (κ1) is 21.2. The van der Waals surface area contributed by atoms with Crippen molar-refractivity contribution in [2.45, 2.75) is 33.2 Å². The van der Waals surface area contributed by atoms with Crippen molar-refractivity contribution in [1.29, 1.82) is 0 Å². The molecule has 0 bridgehead atoms. The Bertz CT molecular complexity index is 881. The Morgan fingerprint density at radius 1 is 1.26 bits per heavy atom. The number of aliphatic imine (C=N–C) groups is 1. The molecular formula is C19H28IN7. The minimum absolute atomic E-state index is 0.